The summed E-state index contributed by atoms with van der Waals surface area (Å²) in [5, 5.41) is 3.00. The third-order valence-corrected chi connectivity index (χ3v) is 4.95. The molecule has 1 fully saturated rings. The highest BCUT2D eigenvalue weighted by atomic mass is 16.2. The smallest absolute Gasteiger partial charge is 0.255 e. The normalized spacial score (nSPS) is 14.2. The van der Waals surface area contributed by atoms with Crippen LogP contribution in [0.3, 0.4) is 0 Å². The molecule has 26 heavy (non-hydrogen) atoms. The summed E-state index contributed by atoms with van der Waals surface area (Å²) in [6, 6.07) is 11.1. The average Bonchev–Trinajstić information content (AvgIpc) is 2.64. The van der Waals surface area contributed by atoms with Gasteiger partial charge in [-0.05, 0) is 75.4 Å². The van der Waals surface area contributed by atoms with E-state index >= 15 is 0 Å². The minimum absolute atomic E-state index is 0.0573. The molecule has 0 bridgehead atoms. The zero-order valence-corrected chi connectivity index (χ0v) is 15.8. The SMILES string of the molecule is Cc1cc(C)c(NC(=O)c2ccc(C(=O)N3CCCCC3)cc2)c(C)c1. The molecule has 4 nitrogen and oxygen atoms in total. The lowest BCUT2D eigenvalue weighted by Crippen LogP contribution is -2.35. The minimum atomic E-state index is -0.156. The molecule has 2 amide bonds. The lowest BCUT2D eigenvalue weighted by molar-refractivity contribution is 0.0724. The van der Waals surface area contributed by atoms with E-state index in [4.69, 9.17) is 0 Å². The maximum Gasteiger partial charge on any atom is 0.255 e. The summed E-state index contributed by atoms with van der Waals surface area (Å²) >= 11 is 0. The number of likely N-dealkylation sites (tertiary alicyclic amines) is 1. The van der Waals surface area contributed by atoms with Crippen LogP contribution in [0.1, 0.15) is 56.7 Å². The van der Waals surface area contributed by atoms with Gasteiger partial charge >= 0.3 is 0 Å². The number of rotatable bonds is 3. The number of hydrogen-bond acceptors (Lipinski definition) is 2. The number of aryl methyl sites for hydroxylation is 3. The van der Waals surface area contributed by atoms with Gasteiger partial charge in [0.05, 0.1) is 0 Å². The maximum absolute atomic E-state index is 12.6. The Morgan fingerprint density at radius 2 is 1.38 bits per heavy atom. The molecular formula is C22H26N2O2. The predicted octanol–water partition coefficient (Wildman–Crippen LogP) is 4.49. The molecule has 2 aromatic rings. The Morgan fingerprint density at radius 3 is 1.96 bits per heavy atom. The van der Waals surface area contributed by atoms with Gasteiger partial charge in [-0.15, -0.1) is 0 Å². The third-order valence-electron chi connectivity index (χ3n) is 4.95. The van der Waals surface area contributed by atoms with E-state index in [0.717, 1.165) is 42.7 Å². The zero-order chi connectivity index (χ0) is 18.7. The Morgan fingerprint density at radius 1 is 0.846 bits per heavy atom. The van der Waals surface area contributed by atoms with E-state index in [1.165, 1.54) is 12.0 Å². The second kappa shape index (κ2) is 7.73. The van der Waals surface area contributed by atoms with Crippen molar-refractivity contribution in [3.05, 3.63) is 64.2 Å². The van der Waals surface area contributed by atoms with E-state index in [9.17, 15) is 9.59 Å². The molecule has 1 aliphatic heterocycles. The van der Waals surface area contributed by atoms with E-state index in [1.807, 2.05) is 25.7 Å². The van der Waals surface area contributed by atoms with Crippen molar-refractivity contribution in [2.45, 2.75) is 40.0 Å². The lowest BCUT2D eigenvalue weighted by Gasteiger charge is -2.26. The molecule has 1 saturated heterocycles. The molecule has 0 unspecified atom stereocenters. The Labute approximate surface area is 155 Å². The van der Waals surface area contributed by atoms with Crippen LogP contribution in [0.5, 0.6) is 0 Å². The van der Waals surface area contributed by atoms with Crippen molar-refractivity contribution in [3.63, 3.8) is 0 Å². The molecule has 1 heterocycles. The number of nitrogens with one attached hydrogen (secondary N) is 1. The van der Waals surface area contributed by atoms with Gasteiger partial charge in [-0.25, -0.2) is 0 Å². The number of benzene rings is 2. The van der Waals surface area contributed by atoms with Gasteiger partial charge in [0.25, 0.3) is 11.8 Å². The van der Waals surface area contributed by atoms with Gasteiger partial charge in [-0.3, -0.25) is 9.59 Å². The first-order valence-corrected chi connectivity index (χ1v) is 9.24. The maximum atomic E-state index is 12.6. The summed E-state index contributed by atoms with van der Waals surface area (Å²) in [6.45, 7) is 7.69. The van der Waals surface area contributed by atoms with Crippen LogP contribution in [0, 0.1) is 20.8 Å². The first-order chi connectivity index (χ1) is 12.5. The Bertz CT molecular complexity index is 796. The lowest BCUT2D eigenvalue weighted by atomic mass is 10.0. The molecule has 4 heteroatoms. The van der Waals surface area contributed by atoms with Crippen molar-refractivity contribution < 1.29 is 9.59 Å². The Hall–Kier alpha value is -2.62. The molecular weight excluding hydrogens is 324 g/mol. The van der Waals surface area contributed by atoms with Crippen LogP contribution in [0.4, 0.5) is 5.69 Å². The van der Waals surface area contributed by atoms with Gasteiger partial charge in [0.15, 0.2) is 0 Å². The molecule has 0 aromatic heterocycles. The predicted molar refractivity (Wildman–Crippen MR) is 105 cm³/mol. The zero-order valence-electron chi connectivity index (χ0n) is 15.8. The topological polar surface area (TPSA) is 49.4 Å². The molecule has 0 atom stereocenters. The average molecular weight is 350 g/mol. The second-order valence-electron chi connectivity index (χ2n) is 7.16. The highest BCUT2D eigenvalue weighted by Crippen LogP contribution is 2.23. The van der Waals surface area contributed by atoms with Gasteiger partial charge in [0.1, 0.15) is 0 Å². The summed E-state index contributed by atoms with van der Waals surface area (Å²) in [5.74, 6) is -0.0982. The van der Waals surface area contributed by atoms with Gasteiger partial charge < -0.3 is 10.2 Å². The van der Waals surface area contributed by atoms with Crippen molar-refractivity contribution in [2.75, 3.05) is 18.4 Å². The monoisotopic (exact) mass is 350 g/mol. The van der Waals surface area contributed by atoms with Gasteiger partial charge in [-0.2, -0.15) is 0 Å². The van der Waals surface area contributed by atoms with E-state index in [1.54, 1.807) is 24.3 Å². The van der Waals surface area contributed by atoms with Crippen molar-refractivity contribution in [1.82, 2.24) is 4.90 Å². The van der Waals surface area contributed by atoms with Crippen molar-refractivity contribution >= 4 is 17.5 Å². The van der Waals surface area contributed by atoms with Crippen molar-refractivity contribution in [3.8, 4) is 0 Å². The van der Waals surface area contributed by atoms with Crippen LogP contribution in [-0.4, -0.2) is 29.8 Å². The number of amides is 2. The molecule has 0 radical (unpaired) electrons. The van der Waals surface area contributed by atoms with E-state index in [-0.39, 0.29) is 11.8 Å². The van der Waals surface area contributed by atoms with Crippen molar-refractivity contribution in [2.24, 2.45) is 0 Å². The van der Waals surface area contributed by atoms with E-state index in [2.05, 4.69) is 17.4 Å². The summed E-state index contributed by atoms with van der Waals surface area (Å²) in [7, 11) is 0. The third kappa shape index (κ3) is 3.96. The van der Waals surface area contributed by atoms with Crippen LogP contribution >= 0.6 is 0 Å². The highest BCUT2D eigenvalue weighted by molar-refractivity contribution is 6.05. The minimum Gasteiger partial charge on any atom is -0.339 e. The Kier molecular flexibility index (Phi) is 5.40. The van der Waals surface area contributed by atoms with Gasteiger partial charge in [-0.1, -0.05) is 17.7 Å². The number of piperidine rings is 1. The fraction of sp³-hybridized carbons (Fsp3) is 0.364. The summed E-state index contributed by atoms with van der Waals surface area (Å²) in [4.78, 5) is 27.0. The molecule has 1 N–H and O–H groups in total. The molecule has 3 rings (SSSR count). The molecule has 0 saturated carbocycles. The first-order valence-electron chi connectivity index (χ1n) is 9.24. The highest BCUT2D eigenvalue weighted by Gasteiger charge is 2.18. The fourth-order valence-corrected chi connectivity index (χ4v) is 3.61. The van der Waals surface area contributed by atoms with Crippen LogP contribution in [0.2, 0.25) is 0 Å². The Balaban J connectivity index is 1.72. The number of anilines is 1. The van der Waals surface area contributed by atoms with Gasteiger partial charge in [0.2, 0.25) is 0 Å². The van der Waals surface area contributed by atoms with Crippen LogP contribution in [-0.2, 0) is 0 Å². The molecule has 2 aromatic carbocycles. The van der Waals surface area contributed by atoms with Crippen molar-refractivity contribution in [1.29, 1.82) is 0 Å². The quantitative estimate of drug-likeness (QED) is 0.886. The van der Waals surface area contributed by atoms with Crippen LogP contribution in [0.25, 0.3) is 0 Å². The first kappa shape index (κ1) is 18.2. The molecule has 136 valence electrons. The number of nitrogens with zero attached hydrogens (tertiary/aromatic N) is 1. The molecule has 1 aliphatic rings. The second-order valence-corrected chi connectivity index (χ2v) is 7.16. The largest absolute Gasteiger partial charge is 0.339 e. The number of hydrogen-bond donors (Lipinski definition) is 1. The standard InChI is InChI=1S/C22H26N2O2/c1-15-13-16(2)20(17(3)14-15)23-21(25)18-7-9-19(10-8-18)22(26)24-11-5-4-6-12-24/h7-10,13-14H,4-6,11-12H2,1-3H3,(H,23,25). The summed E-state index contributed by atoms with van der Waals surface area (Å²) < 4.78 is 0. The number of carbonyl (C=O) groups excluding carboxylic acids is 2. The van der Waals surface area contributed by atoms with E-state index < -0.39 is 0 Å². The number of carbonyl (C=O) groups is 2. The van der Waals surface area contributed by atoms with Crippen LogP contribution in [0.15, 0.2) is 36.4 Å². The van der Waals surface area contributed by atoms with Crippen LogP contribution < -0.4 is 5.32 Å². The van der Waals surface area contributed by atoms with Gasteiger partial charge in [0, 0.05) is 29.9 Å². The molecule has 0 aliphatic carbocycles. The summed E-state index contributed by atoms with van der Waals surface area (Å²) in [6.07, 6.45) is 3.34. The van der Waals surface area contributed by atoms with E-state index in [0.29, 0.717) is 11.1 Å². The molecule has 0 spiro atoms. The fourth-order valence-electron chi connectivity index (χ4n) is 3.61. The summed E-state index contributed by atoms with van der Waals surface area (Å²) in [5.41, 5.74) is 5.33.